The molecule has 1 aromatic heterocycles. The second kappa shape index (κ2) is 3.01. The van der Waals surface area contributed by atoms with Crippen molar-refractivity contribution in [2.75, 3.05) is 0 Å². The molecule has 82 valence electrons. The van der Waals surface area contributed by atoms with Gasteiger partial charge in [0.25, 0.3) is 0 Å². The number of hydrogen-bond acceptors (Lipinski definition) is 3. The zero-order valence-corrected chi connectivity index (χ0v) is 8.22. The summed E-state index contributed by atoms with van der Waals surface area (Å²) in [6.45, 7) is 0. The first-order valence-electron chi connectivity index (χ1n) is 4.95. The zero-order chi connectivity index (χ0) is 11.3. The van der Waals surface area contributed by atoms with Crippen LogP contribution in [0.25, 0.3) is 11.0 Å². The van der Waals surface area contributed by atoms with Crippen LogP contribution in [0.15, 0.2) is 12.1 Å². The molecule has 1 N–H and O–H groups in total. The molecule has 16 heavy (non-hydrogen) atoms. The number of rotatable bonds is 2. The van der Waals surface area contributed by atoms with E-state index in [0.717, 1.165) is 18.9 Å². The molecule has 1 fully saturated rings. The summed E-state index contributed by atoms with van der Waals surface area (Å²) in [5, 5.41) is 16.7. The number of aromatic carboxylic acids is 1. The highest BCUT2D eigenvalue weighted by molar-refractivity contribution is 6.01. The fraction of sp³-hybridized carbons (Fsp3) is 0.300. The van der Waals surface area contributed by atoms with Gasteiger partial charge < -0.3 is 5.11 Å². The highest BCUT2D eigenvalue weighted by Gasteiger charge is 2.29. The lowest BCUT2D eigenvalue weighted by Gasteiger charge is -2.02. The predicted molar refractivity (Wildman–Crippen MR) is 52.7 cm³/mol. The van der Waals surface area contributed by atoms with Crippen LogP contribution in [0, 0.1) is 5.82 Å². The molecule has 1 aromatic carbocycles. The van der Waals surface area contributed by atoms with Crippen LogP contribution in [0.4, 0.5) is 4.39 Å². The highest BCUT2D eigenvalue weighted by atomic mass is 19.1. The molecular formula is C10H8FN3O2. The van der Waals surface area contributed by atoms with E-state index in [1.807, 2.05) is 0 Å². The minimum absolute atomic E-state index is 0.171. The second-order valence-corrected chi connectivity index (χ2v) is 3.86. The first-order valence-corrected chi connectivity index (χ1v) is 4.95. The lowest BCUT2D eigenvalue weighted by atomic mass is 10.1. The maximum atomic E-state index is 13.5. The largest absolute Gasteiger partial charge is 0.478 e. The summed E-state index contributed by atoms with van der Waals surface area (Å²) in [7, 11) is 0. The first kappa shape index (κ1) is 9.26. The van der Waals surface area contributed by atoms with Crippen molar-refractivity contribution in [2.24, 2.45) is 0 Å². The van der Waals surface area contributed by atoms with Gasteiger partial charge in [-0.3, -0.25) is 0 Å². The van der Waals surface area contributed by atoms with Gasteiger partial charge >= 0.3 is 5.97 Å². The Bertz CT molecular complexity index is 589. The van der Waals surface area contributed by atoms with Crippen LogP contribution in [0.2, 0.25) is 0 Å². The Hall–Kier alpha value is -1.98. The molecule has 6 heteroatoms. The number of fused-ring (bicyclic) bond motifs is 1. The van der Waals surface area contributed by atoms with E-state index in [1.165, 1.54) is 10.7 Å². The number of carboxylic acid groups (broad SMARTS) is 1. The normalized spacial score (nSPS) is 15.6. The molecule has 3 rings (SSSR count). The topological polar surface area (TPSA) is 68.0 Å². The third-order valence-electron chi connectivity index (χ3n) is 2.69. The fourth-order valence-corrected chi connectivity index (χ4v) is 1.79. The average Bonchev–Trinajstić information content (AvgIpc) is 2.99. The molecule has 1 aliphatic carbocycles. The third kappa shape index (κ3) is 1.19. The minimum Gasteiger partial charge on any atom is -0.478 e. The van der Waals surface area contributed by atoms with Gasteiger partial charge in [0.15, 0.2) is 0 Å². The summed E-state index contributed by atoms with van der Waals surface area (Å²) < 4.78 is 15.0. The second-order valence-electron chi connectivity index (χ2n) is 3.86. The Morgan fingerprint density at radius 3 is 2.88 bits per heavy atom. The molecule has 1 aliphatic rings. The summed E-state index contributed by atoms with van der Waals surface area (Å²) in [5.41, 5.74) is 0.370. The van der Waals surface area contributed by atoms with Gasteiger partial charge in [0.1, 0.15) is 22.4 Å². The molecule has 0 atom stereocenters. The molecule has 0 unspecified atom stereocenters. The van der Waals surface area contributed by atoms with E-state index in [1.54, 1.807) is 0 Å². The molecule has 5 nitrogen and oxygen atoms in total. The molecule has 0 radical (unpaired) electrons. The Kier molecular flexibility index (Phi) is 1.74. The van der Waals surface area contributed by atoms with E-state index < -0.39 is 11.8 Å². The van der Waals surface area contributed by atoms with Gasteiger partial charge in [0, 0.05) is 0 Å². The van der Waals surface area contributed by atoms with Gasteiger partial charge in [-0.1, -0.05) is 5.21 Å². The average molecular weight is 221 g/mol. The van der Waals surface area contributed by atoms with Crippen LogP contribution in [0.1, 0.15) is 29.2 Å². The van der Waals surface area contributed by atoms with Crippen molar-refractivity contribution < 1.29 is 14.3 Å². The van der Waals surface area contributed by atoms with Crippen molar-refractivity contribution in [3.63, 3.8) is 0 Å². The number of halogens is 1. The van der Waals surface area contributed by atoms with E-state index in [0.29, 0.717) is 5.52 Å². The van der Waals surface area contributed by atoms with Gasteiger partial charge in [-0.2, -0.15) is 0 Å². The van der Waals surface area contributed by atoms with Crippen LogP contribution < -0.4 is 0 Å². The number of carbonyl (C=O) groups is 1. The van der Waals surface area contributed by atoms with Crippen LogP contribution >= 0.6 is 0 Å². The molecule has 1 heterocycles. The van der Waals surface area contributed by atoms with Gasteiger partial charge in [-0.25, -0.2) is 13.9 Å². The lowest BCUT2D eigenvalue weighted by Crippen LogP contribution is -2.06. The minimum atomic E-state index is -1.28. The molecule has 0 aliphatic heterocycles. The quantitative estimate of drug-likeness (QED) is 0.836. The third-order valence-corrected chi connectivity index (χ3v) is 2.69. The molecule has 0 spiro atoms. The first-order chi connectivity index (χ1) is 7.68. The highest BCUT2D eigenvalue weighted by Crippen LogP contribution is 2.37. The number of nitrogens with zero attached hydrogens (tertiary/aromatic N) is 3. The van der Waals surface area contributed by atoms with Crippen LogP contribution in [0.3, 0.4) is 0 Å². The molecule has 0 bridgehead atoms. The summed E-state index contributed by atoms with van der Waals surface area (Å²) >= 11 is 0. The molecule has 0 saturated heterocycles. The SMILES string of the molecule is O=C(O)c1c(F)ccc2nnn(C3CC3)c12. The number of benzene rings is 1. The van der Waals surface area contributed by atoms with Crippen molar-refractivity contribution in [3.05, 3.63) is 23.5 Å². The molecule has 0 amide bonds. The van der Waals surface area contributed by atoms with Crippen LogP contribution in [-0.2, 0) is 0 Å². The van der Waals surface area contributed by atoms with Crippen LogP contribution in [0.5, 0.6) is 0 Å². The smallest absolute Gasteiger partial charge is 0.340 e. The van der Waals surface area contributed by atoms with Crippen molar-refractivity contribution in [2.45, 2.75) is 18.9 Å². The summed E-state index contributed by atoms with van der Waals surface area (Å²) in [5.74, 6) is -2.03. The standard InChI is InChI=1S/C10H8FN3O2/c11-6-3-4-7-9(8(6)10(15)16)14(13-12-7)5-1-2-5/h3-5H,1-2H2,(H,15,16). The lowest BCUT2D eigenvalue weighted by molar-refractivity contribution is 0.0693. The van der Waals surface area contributed by atoms with Gasteiger partial charge in [0.2, 0.25) is 0 Å². The van der Waals surface area contributed by atoms with Gasteiger partial charge in [-0.05, 0) is 25.0 Å². The maximum absolute atomic E-state index is 13.5. The van der Waals surface area contributed by atoms with Crippen molar-refractivity contribution in [1.29, 1.82) is 0 Å². The maximum Gasteiger partial charge on any atom is 0.340 e. The van der Waals surface area contributed by atoms with Crippen molar-refractivity contribution in [1.82, 2.24) is 15.0 Å². The van der Waals surface area contributed by atoms with E-state index in [4.69, 9.17) is 5.11 Å². The Balaban J connectivity index is 2.38. The molecule has 2 aromatic rings. The van der Waals surface area contributed by atoms with Crippen molar-refractivity contribution in [3.8, 4) is 0 Å². The van der Waals surface area contributed by atoms with Gasteiger partial charge in [0.05, 0.1) is 6.04 Å². The number of carboxylic acids is 1. The van der Waals surface area contributed by atoms with E-state index >= 15 is 0 Å². The van der Waals surface area contributed by atoms with Crippen molar-refractivity contribution >= 4 is 17.0 Å². The fourth-order valence-electron chi connectivity index (χ4n) is 1.79. The van der Waals surface area contributed by atoms with Crippen LogP contribution in [-0.4, -0.2) is 26.1 Å². The predicted octanol–water partition coefficient (Wildman–Crippen LogP) is 1.60. The number of aromatic nitrogens is 3. The van der Waals surface area contributed by atoms with E-state index in [2.05, 4.69) is 10.3 Å². The van der Waals surface area contributed by atoms with E-state index in [9.17, 15) is 9.18 Å². The van der Waals surface area contributed by atoms with Gasteiger partial charge in [-0.15, -0.1) is 5.10 Å². The number of hydrogen-bond donors (Lipinski definition) is 1. The van der Waals surface area contributed by atoms with E-state index in [-0.39, 0.29) is 17.1 Å². The summed E-state index contributed by atoms with van der Waals surface area (Å²) in [6, 6.07) is 2.73. The monoisotopic (exact) mass is 221 g/mol. The zero-order valence-electron chi connectivity index (χ0n) is 8.22. The Morgan fingerprint density at radius 2 is 2.25 bits per heavy atom. The summed E-state index contributed by atoms with van der Waals surface area (Å²) in [4.78, 5) is 11.0. The Labute approximate surface area is 89.5 Å². The summed E-state index contributed by atoms with van der Waals surface area (Å²) in [6.07, 6.45) is 1.88. The Morgan fingerprint density at radius 1 is 1.50 bits per heavy atom. The molecule has 1 saturated carbocycles. The molecular weight excluding hydrogens is 213 g/mol.